The zero-order valence-electron chi connectivity index (χ0n) is 12.9. The van der Waals surface area contributed by atoms with Crippen molar-refractivity contribution in [3.8, 4) is 0 Å². The molecule has 100 valence electrons. The van der Waals surface area contributed by atoms with Gasteiger partial charge in [-0.1, -0.05) is 41.5 Å². The Labute approximate surface area is 112 Å². The first-order valence-electron chi connectivity index (χ1n) is 8.22. The lowest BCUT2D eigenvalue weighted by Crippen LogP contribution is -2.86. The molecule has 0 aromatic heterocycles. The summed E-state index contributed by atoms with van der Waals surface area (Å²) in [5, 5.41) is 0. The highest BCUT2D eigenvalue weighted by Gasteiger charge is 3.01. The van der Waals surface area contributed by atoms with Gasteiger partial charge in [0.2, 0.25) is 0 Å². The Bertz CT molecular complexity index is 494. The van der Waals surface area contributed by atoms with Gasteiger partial charge in [-0.25, -0.2) is 0 Å². The molecule has 9 unspecified atom stereocenters. The molecule has 0 aromatic carbocycles. The van der Waals surface area contributed by atoms with E-state index >= 15 is 0 Å². The fraction of sp³-hybridized carbons (Fsp3) is 1.00. The fourth-order valence-electron chi connectivity index (χ4n) is 9.88. The van der Waals surface area contributed by atoms with Crippen molar-refractivity contribution >= 4 is 0 Å². The molecule has 0 heterocycles. The molecule has 0 N–H and O–H groups in total. The van der Waals surface area contributed by atoms with Crippen molar-refractivity contribution in [3.05, 3.63) is 0 Å². The lowest BCUT2D eigenvalue weighted by molar-refractivity contribution is -0.436. The standard InChI is InChI=1S/C18H28/c1-10-8-14(3)13(10)18-9-15(14,4)17(18,6)16(5)11(2)7-12(16)18/h10-13H,7-9H2,1-6H3. The topological polar surface area (TPSA) is 0 Å². The SMILES string of the molecule is CC1CC2(C)C1C13CC2(C)C1(C)C1(C)C(C)CC13. The normalized spacial score (nSPS) is 82.3. The van der Waals surface area contributed by atoms with Gasteiger partial charge in [-0.15, -0.1) is 0 Å². The second-order valence-corrected chi connectivity index (χ2v) is 9.72. The summed E-state index contributed by atoms with van der Waals surface area (Å²) in [6.07, 6.45) is 4.64. The van der Waals surface area contributed by atoms with Gasteiger partial charge in [0.25, 0.3) is 0 Å². The van der Waals surface area contributed by atoms with Crippen molar-refractivity contribution in [3.63, 3.8) is 0 Å². The average molecular weight is 244 g/mol. The van der Waals surface area contributed by atoms with Crippen LogP contribution in [-0.4, -0.2) is 0 Å². The summed E-state index contributed by atoms with van der Waals surface area (Å²) in [7, 11) is 0. The minimum absolute atomic E-state index is 0.664. The van der Waals surface area contributed by atoms with Crippen molar-refractivity contribution < 1.29 is 0 Å². The van der Waals surface area contributed by atoms with E-state index in [4.69, 9.17) is 0 Å². The highest BCUT2D eigenvalue weighted by molar-refractivity contribution is 5.48. The van der Waals surface area contributed by atoms with Crippen molar-refractivity contribution in [1.29, 1.82) is 0 Å². The molecule has 0 aromatic rings. The zero-order valence-corrected chi connectivity index (χ0v) is 12.9. The van der Waals surface area contributed by atoms with Crippen LogP contribution >= 0.6 is 0 Å². The van der Waals surface area contributed by atoms with Crippen LogP contribution in [0.4, 0.5) is 0 Å². The van der Waals surface area contributed by atoms with Crippen LogP contribution in [0, 0.1) is 50.7 Å². The van der Waals surface area contributed by atoms with Gasteiger partial charge in [0, 0.05) is 0 Å². The lowest BCUT2D eigenvalue weighted by Gasteiger charge is -2.91. The maximum absolute atomic E-state index is 2.71. The van der Waals surface area contributed by atoms with E-state index in [0.717, 1.165) is 29.1 Å². The summed E-state index contributed by atoms with van der Waals surface area (Å²) >= 11 is 0. The molecule has 0 heteroatoms. The summed E-state index contributed by atoms with van der Waals surface area (Å²) in [6.45, 7) is 15.8. The first kappa shape index (κ1) is 10.7. The molecule has 0 amide bonds. The molecular weight excluding hydrogens is 216 g/mol. The maximum atomic E-state index is 2.71. The van der Waals surface area contributed by atoms with Crippen molar-refractivity contribution in [2.45, 2.75) is 60.8 Å². The Morgan fingerprint density at radius 2 is 1.67 bits per heavy atom. The van der Waals surface area contributed by atoms with E-state index in [-0.39, 0.29) is 0 Å². The van der Waals surface area contributed by atoms with Crippen LogP contribution in [0.1, 0.15) is 60.8 Å². The van der Waals surface area contributed by atoms with Crippen LogP contribution in [0.5, 0.6) is 0 Å². The molecule has 0 radical (unpaired) electrons. The molecule has 5 rings (SSSR count). The van der Waals surface area contributed by atoms with Crippen LogP contribution in [0.2, 0.25) is 0 Å². The summed E-state index contributed by atoms with van der Waals surface area (Å²) < 4.78 is 0. The molecule has 0 spiro atoms. The van der Waals surface area contributed by atoms with Crippen molar-refractivity contribution in [2.75, 3.05) is 0 Å². The van der Waals surface area contributed by atoms with Crippen LogP contribution in [0.25, 0.3) is 0 Å². The molecule has 5 aliphatic rings. The maximum Gasteiger partial charge on any atom is -0.0145 e. The fourth-order valence-corrected chi connectivity index (χ4v) is 9.88. The first-order valence-corrected chi connectivity index (χ1v) is 8.22. The third kappa shape index (κ3) is 0.498. The Kier molecular flexibility index (Phi) is 1.28. The molecule has 9 atom stereocenters. The van der Waals surface area contributed by atoms with Crippen molar-refractivity contribution in [2.24, 2.45) is 50.7 Å². The third-order valence-electron chi connectivity index (χ3n) is 10.5. The minimum Gasteiger partial charge on any atom is -0.0622 e. The molecular formula is C18H28. The van der Waals surface area contributed by atoms with Gasteiger partial charge >= 0.3 is 0 Å². The second-order valence-electron chi connectivity index (χ2n) is 9.72. The molecule has 5 fully saturated rings. The lowest BCUT2D eigenvalue weighted by atomic mass is 9.13. The van der Waals surface area contributed by atoms with E-state index in [9.17, 15) is 0 Å². The molecule has 5 saturated carbocycles. The molecule has 5 aliphatic carbocycles. The van der Waals surface area contributed by atoms with E-state index < -0.39 is 0 Å². The highest BCUT2D eigenvalue weighted by atomic mass is 15.0. The second kappa shape index (κ2) is 2.15. The Morgan fingerprint density at radius 3 is 2.22 bits per heavy atom. The summed E-state index contributed by atoms with van der Waals surface area (Å²) in [5.74, 6) is 4.16. The van der Waals surface area contributed by atoms with E-state index in [1.807, 2.05) is 0 Å². The zero-order chi connectivity index (χ0) is 12.9. The van der Waals surface area contributed by atoms with Gasteiger partial charge in [-0.3, -0.25) is 0 Å². The molecule has 2 bridgehead atoms. The quantitative estimate of drug-likeness (QED) is 0.577. The Hall–Kier alpha value is 0. The van der Waals surface area contributed by atoms with Crippen LogP contribution in [0.3, 0.4) is 0 Å². The number of fused-ring (bicyclic) bond motifs is 3. The van der Waals surface area contributed by atoms with E-state index in [2.05, 4.69) is 41.5 Å². The number of hydrogen-bond donors (Lipinski definition) is 0. The molecule has 0 saturated heterocycles. The Balaban J connectivity index is 1.76. The van der Waals surface area contributed by atoms with Crippen LogP contribution in [0.15, 0.2) is 0 Å². The van der Waals surface area contributed by atoms with E-state index in [0.29, 0.717) is 21.7 Å². The molecule has 18 heavy (non-hydrogen) atoms. The van der Waals surface area contributed by atoms with E-state index in [1.165, 1.54) is 6.42 Å². The van der Waals surface area contributed by atoms with Crippen molar-refractivity contribution in [1.82, 2.24) is 0 Å². The Morgan fingerprint density at radius 1 is 1.00 bits per heavy atom. The summed E-state index contributed by atoms with van der Waals surface area (Å²) in [5.41, 5.74) is 3.52. The molecule has 0 nitrogen and oxygen atoms in total. The highest BCUT2D eigenvalue weighted by Crippen LogP contribution is 3.06. The van der Waals surface area contributed by atoms with Crippen LogP contribution in [-0.2, 0) is 0 Å². The van der Waals surface area contributed by atoms with Gasteiger partial charge in [0.1, 0.15) is 0 Å². The predicted octanol–water partition coefficient (Wildman–Crippen LogP) is 4.74. The smallest absolute Gasteiger partial charge is 0.0145 e. The summed E-state index contributed by atoms with van der Waals surface area (Å²) in [4.78, 5) is 0. The third-order valence-corrected chi connectivity index (χ3v) is 10.5. The van der Waals surface area contributed by atoms with Gasteiger partial charge in [0.05, 0.1) is 0 Å². The van der Waals surface area contributed by atoms with Gasteiger partial charge in [-0.05, 0) is 70.0 Å². The van der Waals surface area contributed by atoms with Gasteiger partial charge in [-0.2, -0.15) is 0 Å². The summed E-state index contributed by atoms with van der Waals surface area (Å²) in [6, 6.07) is 0. The number of rotatable bonds is 0. The monoisotopic (exact) mass is 244 g/mol. The van der Waals surface area contributed by atoms with Gasteiger partial charge in [0.15, 0.2) is 0 Å². The minimum atomic E-state index is 0.664. The van der Waals surface area contributed by atoms with Gasteiger partial charge < -0.3 is 0 Å². The largest absolute Gasteiger partial charge is 0.0622 e. The number of hydrogen-bond acceptors (Lipinski definition) is 0. The van der Waals surface area contributed by atoms with E-state index in [1.54, 1.807) is 12.8 Å². The predicted molar refractivity (Wildman–Crippen MR) is 74.0 cm³/mol. The molecule has 0 aliphatic heterocycles. The average Bonchev–Trinajstić information content (AvgIpc) is 2.52. The van der Waals surface area contributed by atoms with Crippen LogP contribution < -0.4 is 0 Å². The first-order chi connectivity index (χ1) is 8.22.